The van der Waals surface area contributed by atoms with Crippen molar-refractivity contribution in [2.24, 2.45) is 0 Å². The molecule has 0 bridgehead atoms. The molecule has 114 valence electrons. The summed E-state index contributed by atoms with van der Waals surface area (Å²) < 4.78 is 10.5. The van der Waals surface area contributed by atoms with Crippen molar-refractivity contribution < 1.29 is 9.47 Å². The molecule has 0 saturated carbocycles. The predicted octanol–water partition coefficient (Wildman–Crippen LogP) is 3.04. The molecule has 3 rings (SSSR count). The van der Waals surface area contributed by atoms with E-state index in [1.807, 2.05) is 37.4 Å². The van der Waals surface area contributed by atoms with Gasteiger partial charge in [-0.25, -0.2) is 9.97 Å². The third kappa shape index (κ3) is 3.17. The van der Waals surface area contributed by atoms with Crippen LogP contribution in [-0.4, -0.2) is 35.3 Å². The lowest BCUT2D eigenvalue weighted by Crippen LogP contribution is -2.04. The van der Waals surface area contributed by atoms with Gasteiger partial charge < -0.3 is 19.8 Å². The van der Waals surface area contributed by atoms with E-state index in [4.69, 9.17) is 9.47 Å². The van der Waals surface area contributed by atoms with E-state index >= 15 is 0 Å². The standard InChI is InChI=1S/C16H18N4O2/c1-11-9-17-14-10-18-16(20-15(11)14)19-12-3-5-13(6-4-12)22-8-7-21-2/h3-6,9-10,17H,7-8H2,1-2H3,(H,18,19,20). The number of hydrogen-bond acceptors (Lipinski definition) is 5. The van der Waals surface area contributed by atoms with E-state index in [0.29, 0.717) is 19.2 Å². The minimum atomic E-state index is 0.538. The number of fused-ring (bicyclic) bond motifs is 1. The van der Waals surface area contributed by atoms with Crippen molar-refractivity contribution in [3.63, 3.8) is 0 Å². The molecular weight excluding hydrogens is 280 g/mol. The van der Waals surface area contributed by atoms with E-state index in [-0.39, 0.29) is 0 Å². The summed E-state index contributed by atoms with van der Waals surface area (Å²) in [6, 6.07) is 7.66. The summed E-state index contributed by atoms with van der Waals surface area (Å²) in [7, 11) is 1.65. The second kappa shape index (κ2) is 6.44. The largest absolute Gasteiger partial charge is 0.491 e. The normalized spacial score (nSPS) is 10.8. The Balaban J connectivity index is 1.70. The maximum Gasteiger partial charge on any atom is 0.227 e. The smallest absolute Gasteiger partial charge is 0.227 e. The molecule has 0 aliphatic rings. The van der Waals surface area contributed by atoms with Gasteiger partial charge in [0.05, 0.1) is 23.8 Å². The molecular formula is C16H18N4O2. The lowest BCUT2D eigenvalue weighted by Gasteiger charge is -2.08. The van der Waals surface area contributed by atoms with Gasteiger partial charge in [0.1, 0.15) is 12.4 Å². The fourth-order valence-electron chi connectivity index (χ4n) is 2.11. The van der Waals surface area contributed by atoms with Gasteiger partial charge in [0.2, 0.25) is 5.95 Å². The quantitative estimate of drug-likeness (QED) is 0.684. The van der Waals surface area contributed by atoms with Crippen LogP contribution in [0.5, 0.6) is 5.75 Å². The maximum absolute atomic E-state index is 5.53. The van der Waals surface area contributed by atoms with Crippen LogP contribution in [0.25, 0.3) is 11.0 Å². The molecule has 0 amide bonds. The van der Waals surface area contributed by atoms with Gasteiger partial charge in [0.25, 0.3) is 0 Å². The van der Waals surface area contributed by atoms with Gasteiger partial charge in [-0.15, -0.1) is 0 Å². The molecule has 6 nitrogen and oxygen atoms in total. The van der Waals surface area contributed by atoms with E-state index in [2.05, 4.69) is 20.3 Å². The Kier molecular flexibility index (Phi) is 4.20. The lowest BCUT2D eigenvalue weighted by molar-refractivity contribution is 0.146. The minimum Gasteiger partial charge on any atom is -0.491 e. The number of ether oxygens (including phenoxy) is 2. The predicted molar refractivity (Wildman–Crippen MR) is 85.7 cm³/mol. The van der Waals surface area contributed by atoms with Crippen LogP contribution in [0.2, 0.25) is 0 Å². The molecule has 2 N–H and O–H groups in total. The number of nitrogens with one attached hydrogen (secondary N) is 2. The van der Waals surface area contributed by atoms with Gasteiger partial charge in [-0.2, -0.15) is 0 Å². The first-order chi connectivity index (χ1) is 10.8. The zero-order valence-corrected chi connectivity index (χ0v) is 12.6. The van der Waals surface area contributed by atoms with Crippen LogP contribution >= 0.6 is 0 Å². The average Bonchev–Trinajstić information content (AvgIpc) is 2.90. The number of H-pyrrole nitrogens is 1. The average molecular weight is 298 g/mol. The Morgan fingerprint density at radius 1 is 1.18 bits per heavy atom. The summed E-state index contributed by atoms with van der Waals surface area (Å²) in [6.45, 7) is 3.13. The van der Waals surface area contributed by atoms with Crippen LogP contribution in [0.4, 0.5) is 11.6 Å². The Bertz CT molecular complexity index is 752. The molecule has 1 aromatic carbocycles. The molecule has 0 spiro atoms. The molecule has 0 atom stereocenters. The van der Waals surface area contributed by atoms with Gasteiger partial charge in [-0.1, -0.05) is 0 Å². The molecule has 0 radical (unpaired) electrons. The van der Waals surface area contributed by atoms with Crippen molar-refractivity contribution in [2.45, 2.75) is 6.92 Å². The summed E-state index contributed by atoms with van der Waals surface area (Å²) >= 11 is 0. The van der Waals surface area contributed by atoms with Crippen molar-refractivity contribution in [2.75, 3.05) is 25.6 Å². The number of aryl methyl sites for hydroxylation is 1. The Morgan fingerprint density at radius 2 is 2.00 bits per heavy atom. The third-order valence-corrected chi connectivity index (χ3v) is 3.27. The number of aromatic nitrogens is 3. The van der Waals surface area contributed by atoms with E-state index in [0.717, 1.165) is 28.0 Å². The first kappa shape index (κ1) is 14.3. The molecule has 22 heavy (non-hydrogen) atoms. The van der Waals surface area contributed by atoms with Crippen LogP contribution in [0.15, 0.2) is 36.7 Å². The van der Waals surface area contributed by atoms with Crippen LogP contribution in [-0.2, 0) is 4.74 Å². The van der Waals surface area contributed by atoms with Crippen LogP contribution < -0.4 is 10.1 Å². The van der Waals surface area contributed by atoms with Crippen molar-refractivity contribution in [3.8, 4) is 5.75 Å². The van der Waals surface area contributed by atoms with Crippen molar-refractivity contribution >= 4 is 22.7 Å². The topological polar surface area (TPSA) is 72.1 Å². The van der Waals surface area contributed by atoms with Gasteiger partial charge >= 0.3 is 0 Å². The summed E-state index contributed by atoms with van der Waals surface area (Å²) in [5.41, 5.74) is 3.87. The Labute approximate surface area is 128 Å². The van der Waals surface area contributed by atoms with Crippen molar-refractivity contribution in [3.05, 3.63) is 42.2 Å². The highest BCUT2D eigenvalue weighted by molar-refractivity contribution is 5.79. The van der Waals surface area contributed by atoms with E-state index in [1.54, 1.807) is 13.3 Å². The van der Waals surface area contributed by atoms with Gasteiger partial charge in [0.15, 0.2) is 0 Å². The van der Waals surface area contributed by atoms with E-state index in [9.17, 15) is 0 Å². The molecule has 2 aromatic heterocycles. The fourth-order valence-corrected chi connectivity index (χ4v) is 2.11. The molecule has 0 saturated heterocycles. The number of methoxy groups -OCH3 is 1. The zero-order valence-electron chi connectivity index (χ0n) is 12.6. The van der Waals surface area contributed by atoms with Crippen molar-refractivity contribution in [1.29, 1.82) is 0 Å². The molecule has 2 heterocycles. The summed E-state index contributed by atoms with van der Waals surface area (Å²) in [4.78, 5) is 11.9. The Morgan fingerprint density at radius 3 is 2.77 bits per heavy atom. The van der Waals surface area contributed by atoms with Crippen molar-refractivity contribution in [1.82, 2.24) is 15.0 Å². The lowest BCUT2D eigenvalue weighted by atomic mass is 10.3. The monoisotopic (exact) mass is 298 g/mol. The third-order valence-electron chi connectivity index (χ3n) is 3.27. The first-order valence-electron chi connectivity index (χ1n) is 7.06. The number of nitrogens with zero attached hydrogens (tertiary/aromatic N) is 2. The number of benzene rings is 1. The van der Waals surface area contributed by atoms with Gasteiger partial charge in [-0.3, -0.25) is 0 Å². The highest BCUT2D eigenvalue weighted by atomic mass is 16.5. The molecule has 0 aliphatic heterocycles. The van der Waals surface area contributed by atoms with E-state index in [1.165, 1.54) is 0 Å². The molecule has 0 unspecified atom stereocenters. The summed E-state index contributed by atoms with van der Waals surface area (Å²) in [5, 5.41) is 3.19. The SMILES string of the molecule is COCCOc1ccc(Nc2ncc3[nH]cc(C)c3n2)cc1. The Hall–Kier alpha value is -2.60. The van der Waals surface area contributed by atoms with Crippen LogP contribution in [0.3, 0.4) is 0 Å². The second-order valence-corrected chi connectivity index (χ2v) is 4.92. The highest BCUT2D eigenvalue weighted by Gasteiger charge is 2.04. The molecule has 0 fully saturated rings. The number of hydrogen-bond donors (Lipinski definition) is 2. The maximum atomic E-state index is 5.53. The summed E-state index contributed by atoms with van der Waals surface area (Å²) in [6.07, 6.45) is 3.70. The molecule has 6 heteroatoms. The van der Waals surface area contributed by atoms with Crippen LogP contribution in [0, 0.1) is 6.92 Å². The number of anilines is 2. The molecule has 0 aliphatic carbocycles. The second-order valence-electron chi connectivity index (χ2n) is 4.92. The highest BCUT2D eigenvalue weighted by Crippen LogP contribution is 2.20. The van der Waals surface area contributed by atoms with Gasteiger partial charge in [0, 0.05) is 19.0 Å². The molecule has 3 aromatic rings. The number of rotatable bonds is 6. The first-order valence-corrected chi connectivity index (χ1v) is 7.06. The summed E-state index contributed by atoms with van der Waals surface area (Å²) in [5.74, 6) is 1.38. The van der Waals surface area contributed by atoms with E-state index < -0.39 is 0 Å². The van der Waals surface area contributed by atoms with Crippen LogP contribution in [0.1, 0.15) is 5.56 Å². The zero-order chi connectivity index (χ0) is 15.4. The minimum absolute atomic E-state index is 0.538. The van der Waals surface area contributed by atoms with Gasteiger partial charge in [-0.05, 0) is 36.8 Å². The number of aromatic amines is 1. The fraction of sp³-hybridized carbons (Fsp3) is 0.250.